The first kappa shape index (κ1) is 13.5. The number of piperidine rings is 1. The fourth-order valence-electron chi connectivity index (χ4n) is 2.26. The van der Waals surface area contributed by atoms with Crippen molar-refractivity contribution < 1.29 is 18.7 Å². The zero-order chi connectivity index (χ0) is 13.8. The minimum atomic E-state index is -0.711. The Hall–Kier alpha value is -1.98. The Bertz CT molecular complexity index is 493. The summed E-state index contributed by atoms with van der Waals surface area (Å²) in [6.07, 6.45) is 3.51. The van der Waals surface area contributed by atoms with Gasteiger partial charge in [0, 0.05) is 24.4 Å². The van der Waals surface area contributed by atoms with Crippen LogP contribution in [0.3, 0.4) is 0 Å². The fraction of sp³-hybridized carbons (Fsp3) is 0.462. The second kappa shape index (κ2) is 5.77. The maximum absolute atomic E-state index is 13.0. The van der Waals surface area contributed by atoms with E-state index < -0.39 is 18.0 Å². The zero-order valence-electron chi connectivity index (χ0n) is 10.6. The Labute approximate surface area is 110 Å². The van der Waals surface area contributed by atoms with E-state index in [2.05, 4.69) is 4.98 Å². The average Bonchev–Trinajstić information content (AvgIpc) is 2.45. The topological polar surface area (TPSA) is 59.5 Å². The van der Waals surface area contributed by atoms with Crippen molar-refractivity contribution in [2.45, 2.75) is 25.3 Å². The SMILES string of the molecule is COC(=O)C1CCCCN1C(=O)c1ccnc(F)c1. The highest BCUT2D eigenvalue weighted by molar-refractivity contribution is 5.96. The van der Waals surface area contributed by atoms with Gasteiger partial charge in [0.1, 0.15) is 6.04 Å². The summed E-state index contributed by atoms with van der Waals surface area (Å²) in [7, 11) is 1.30. The fourth-order valence-corrected chi connectivity index (χ4v) is 2.26. The molecule has 0 N–H and O–H groups in total. The van der Waals surface area contributed by atoms with Crippen molar-refractivity contribution >= 4 is 11.9 Å². The molecule has 1 saturated heterocycles. The first-order chi connectivity index (χ1) is 9.13. The summed E-state index contributed by atoms with van der Waals surface area (Å²) >= 11 is 0. The Morgan fingerprint density at radius 3 is 2.95 bits per heavy atom. The second-order valence-corrected chi connectivity index (χ2v) is 4.40. The number of methoxy groups -OCH3 is 1. The first-order valence-electron chi connectivity index (χ1n) is 6.14. The molecule has 1 aliphatic heterocycles. The van der Waals surface area contributed by atoms with Crippen LogP contribution in [0.4, 0.5) is 4.39 Å². The largest absolute Gasteiger partial charge is 0.467 e. The molecular weight excluding hydrogens is 251 g/mol. The maximum Gasteiger partial charge on any atom is 0.328 e. The predicted octanol–water partition coefficient (Wildman–Crippen LogP) is 1.39. The average molecular weight is 266 g/mol. The van der Waals surface area contributed by atoms with E-state index >= 15 is 0 Å². The Kier molecular flexibility index (Phi) is 4.09. The molecule has 1 unspecified atom stereocenters. The summed E-state index contributed by atoms with van der Waals surface area (Å²) in [6, 6.07) is 1.93. The number of rotatable bonds is 2. The molecule has 1 atom stereocenters. The smallest absolute Gasteiger partial charge is 0.328 e. The number of carbonyl (C=O) groups is 2. The predicted molar refractivity (Wildman–Crippen MR) is 64.9 cm³/mol. The van der Waals surface area contributed by atoms with Crippen molar-refractivity contribution in [3.8, 4) is 0 Å². The van der Waals surface area contributed by atoms with Gasteiger partial charge in [-0.2, -0.15) is 4.39 Å². The van der Waals surface area contributed by atoms with Crippen LogP contribution in [-0.4, -0.2) is 41.5 Å². The molecule has 5 nitrogen and oxygen atoms in total. The number of esters is 1. The number of amides is 1. The summed E-state index contributed by atoms with van der Waals surface area (Å²) in [5, 5.41) is 0. The molecule has 0 saturated carbocycles. The number of carbonyl (C=O) groups excluding carboxylic acids is 2. The maximum atomic E-state index is 13.0. The number of hydrogen-bond donors (Lipinski definition) is 0. The molecule has 0 spiro atoms. The van der Waals surface area contributed by atoms with Crippen molar-refractivity contribution in [1.82, 2.24) is 9.88 Å². The van der Waals surface area contributed by atoms with E-state index in [1.807, 2.05) is 0 Å². The van der Waals surface area contributed by atoms with Gasteiger partial charge in [0.25, 0.3) is 5.91 Å². The summed E-state index contributed by atoms with van der Waals surface area (Å²) in [6.45, 7) is 0.475. The lowest BCUT2D eigenvalue weighted by molar-refractivity contribution is -0.147. The van der Waals surface area contributed by atoms with Gasteiger partial charge in [-0.15, -0.1) is 0 Å². The molecule has 6 heteroatoms. The van der Waals surface area contributed by atoms with Crippen LogP contribution in [0.2, 0.25) is 0 Å². The highest BCUT2D eigenvalue weighted by Crippen LogP contribution is 2.20. The van der Waals surface area contributed by atoms with Crippen molar-refractivity contribution in [2.24, 2.45) is 0 Å². The van der Waals surface area contributed by atoms with Crippen molar-refractivity contribution in [1.29, 1.82) is 0 Å². The van der Waals surface area contributed by atoms with Gasteiger partial charge < -0.3 is 9.64 Å². The Balaban J connectivity index is 2.22. The lowest BCUT2D eigenvalue weighted by Crippen LogP contribution is -2.48. The van der Waals surface area contributed by atoms with Gasteiger partial charge in [0.2, 0.25) is 5.95 Å². The van der Waals surface area contributed by atoms with Gasteiger partial charge in [0.05, 0.1) is 7.11 Å². The van der Waals surface area contributed by atoms with Crippen molar-refractivity contribution in [3.63, 3.8) is 0 Å². The number of pyridine rings is 1. The molecule has 2 heterocycles. The van der Waals surface area contributed by atoms with Crippen molar-refractivity contribution in [2.75, 3.05) is 13.7 Å². The minimum Gasteiger partial charge on any atom is -0.467 e. The van der Waals surface area contributed by atoms with E-state index in [4.69, 9.17) is 4.74 Å². The molecule has 1 aromatic heterocycles. The molecule has 0 aromatic carbocycles. The van der Waals surface area contributed by atoms with Gasteiger partial charge in [0.15, 0.2) is 0 Å². The summed E-state index contributed by atoms with van der Waals surface area (Å²) in [4.78, 5) is 28.8. The molecule has 102 valence electrons. The third-order valence-electron chi connectivity index (χ3n) is 3.21. The van der Waals surface area contributed by atoms with E-state index in [0.29, 0.717) is 13.0 Å². The molecule has 0 bridgehead atoms. The lowest BCUT2D eigenvalue weighted by Gasteiger charge is -2.33. The van der Waals surface area contributed by atoms with Crippen LogP contribution >= 0.6 is 0 Å². The summed E-state index contributed by atoms with van der Waals surface area (Å²) in [5.74, 6) is -1.50. The number of likely N-dealkylation sites (tertiary alicyclic amines) is 1. The van der Waals surface area contributed by atoms with Gasteiger partial charge in [-0.1, -0.05) is 0 Å². The molecule has 1 fully saturated rings. The van der Waals surface area contributed by atoms with E-state index in [0.717, 1.165) is 18.9 Å². The van der Waals surface area contributed by atoms with Crippen molar-refractivity contribution in [3.05, 3.63) is 29.8 Å². The summed E-state index contributed by atoms with van der Waals surface area (Å²) < 4.78 is 17.8. The molecule has 1 amide bonds. The standard InChI is InChI=1S/C13H15FN2O3/c1-19-13(18)10-4-2-3-7-16(10)12(17)9-5-6-15-11(14)8-9/h5-6,8,10H,2-4,7H2,1H3. The van der Waals surface area contributed by atoms with Gasteiger partial charge in [-0.05, 0) is 25.3 Å². The number of hydrogen-bond acceptors (Lipinski definition) is 4. The molecule has 0 radical (unpaired) electrons. The van der Waals surface area contributed by atoms with E-state index in [9.17, 15) is 14.0 Å². The normalized spacial score (nSPS) is 19.1. The van der Waals surface area contributed by atoms with Crippen LogP contribution in [0.25, 0.3) is 0 Å². The second-order valence-electron chi connectivity index (χ2n) is 4.40. The Morgan fingerprint density at radius 1 is 1.47 bits per heavy atom. The van der Waals surface area contributed by atoms with Gasteiger partial charge in [-0.3, -0.25) is 4.79 Å². The highest BCUT2D eigenvalue weighted by atomic mass is 19.1. The third-order valence-corrected chi connectivity index (χ3v) is 3.21. The quantitative estimate of drug-likeness (QED) is 0.599. The zero-order valence-corrected chi connectivity index (χ0v) is 10.6. The van der Waals surface area contributed by atoms with Crippen LogP contribution in [0.5, 0.6) is 0 Å². The molecule has 19 heavy (non-hydrogen) atoms. The molecular formula is C13H15FN2O3. The highest BCUT2D eigenvalue weighted by Gasteiger charge is 2.33. The van der Waals surface area contributed by atoms with Crippen LogP contribution in [0, 0.1) is 5.95 Å². The number of nitrogens with zero attached hydrogens (tertiary/aromatic N) is 2. The molecule has 0 aliphatic carbocycles. The lowest BCUT2D eigenvalue weighted by atomic mass is 10.0. The third kappa shape index (κ3) is 2.89. The number of halogens is 1. The summed E-state index contributed by atoms with van der Waals surface area (Å²) in [5.41, 5.74) is 0.198. The van der Waals surface area contributed by atoms with Crippen LogP contribution < -0.4 is 0 Å². The molecule has 2 rings (SSSR count). The number of aromatic nitrogens is 1. The monoisotopic (exact) mass is 266 g/mol. The Morgan fingerprint density at radius 2 is 2.26 bits per heavy atom. The van der Waals surface area contributed by atoms with E-state index in [-0.39, 0.29) is 11.5 Å². The van der Waals surface area contributed by atoms with E-state index in [1.165, 1.54) is 24.3 Å². The number of ether oxygens (including phenoxy) is 1. The molecule has 1 aromatic rings. The minimum absolute atomic E-state index is 0.198. The van der Waals surface area contributed by atoms with E-state index in [1.54, 1.807) is 0 Å². The van der Waals surface area contributed by atoms with Crippen LogP contribution in [-0.2, 0) is 9.53 Å². The van der Waals surface area contributed by atoms with Crippen LogP contribution in [0.15, 0.2) is 18.3 Å². The van der Waals surface area contributed by atoms with Gasteiger partial charge >= 0.3 is 5.97 Å². The van der Waals surface area contributed by atoms with Gasteiger partial charge in [-0.25, -0.2) is 9.78 Å². The molecule has 1 aliphatic rings. The van der Waals surface area contributed by atoms with Crippen LogP contribution in [0.1, 0.15) is 29.6 Å². The first-order valence-corrected chi connectivity index (χ1v) is 6.14.